The number of amides is 1. The van der Waals surface area contributed by atoms with E-state index in [2.05, 4.69) is 15.6 Å². The number of nitrogens with zero attached hydrogens (tertiary/aromatic N) is 2. The van der Waals surface area contributed by atoms with Gasteiger partial charge in [-0.3, -0.25) is 15.0 Å². The van der Waals surface area contributed by atoms with Crippen LogP contribution in [0.5, 0.6) is 11.5 Å². The minimum atomic E-state index is -0.403. The second-order valence-electron chi connectivity index (χ2n) is 9.49. The normalized spacial score (nSPS) is 12.5. The molecule has 37 heavy (non-hydrogen) atoms. The molecule has 3 rings (SSSR count). The topological polar surface area (TPSA) is 137 Å². The molecule has 0 saturated carbocycles. The van der Waals surface area contributed by atoms with E-state index in [0.29, 0.717) is 48.1 Å². The molecule has 0 fully saturated rings. The summed E-state index contributed by atoms with van der Waals surface area (Å²) in [6.45, 7) is 8.80. The lowest BCUT2D eigenvalue weighted by atomic mass is 9.84. The summed E-state index contributed by atoms with van der Waals surface area (Å²) >= 11 is 0. The van der Waals surface area contributed by atoms with Crippen molar-refractivity contribution in [3.8, 4) is 11.5 Å². The molecule has 1 aliphatic heterocycles. The van der Waals surface area contributed by atoms with Gasteiger partial charge in [-0.15, -0.1) is 17.0 Å². The molecule has 0 spiro atoms. The second-order valence-corrected chi connectivity index (χ2v) is 9.49. The van der Waals surface area contributed by atoms with Crippen molar-refractivity contribution < 1.29 is 24.2 Å². The smallest absolute Gasteiger partial charge is 0.273 e. The number of carbonyl (C=O) groups excluding carboxylic acids is 2. The Hall–Kier alpha value is -3.18. The van der Waals surface area contributed by atoms with Gasteiger partial charge < -0.3 is 30.1 Å². The minimum Gasteiger partial charge on any atom is -0.494 e. The number of nitrogens with one attached hydrogen (secondary N) is 3. The number of ether oxygens (including phenoxy) is 2. The number of benzene rings is 1. The number of hydrogen-bond donors (Lipinski definition) is 4. The molecule has 4 N–H and O–H groups in total. The number of aliphatic hydroxyl groups is 1. The summed E-state index contributed by atoms with van der Waals surface area (Å²) in [6, 6.07) is 5.26. The molecule has 202 valence electrons. The number of amidine groups is 1. The van der Waals surface area contributed by atoms with E-state index >= 15 is 0 Å². The van der Waals surface area contributed by atoms with E-state index in [9.17, 15) is 14.7 Å². The standard InChI is InChI=1S/C26H35N5O5.BrH/c1-7-36-20-12-16-13-31(24(27)21(16)30-22(20)25(34)28-5)14-19(33)15-10-17(26(2,3)4)23(35-6)18(11-15)29-8-9-32;/h10-12,27,29,32H,7-9,13-14H2,1-6H3,(H,28,34);1H. The number of ketones is 1. The molecule has 0 saturated heterocycles. The summed E-state index contributed by atoms with van der Waals surface area (Å²) in [5.74, 6) is 0.475. The number of methoxy groups -OCH3 is 1. The molecule has 0 unspecified atom stereocenters. The first-order valence-corrected chi connectivity index (χ1v) is 11.9. The number of anilines is 1. The lowest BCUT2D eigenvalue weighted by Crippen LogP contribution is -2.31. The lowest BCUT2D eigenvalue weighted by Gasteiger charge is -2.26. The third-order valence-corrected chi connectivity index (χ3v) is 5.89. The van der Waals surface area contributed by atoms with Gasteiger partial charge in [-0.1, -0.05) is 20.8 Å². The van der Waals surface area contributed by atoms with Gasteiger partial charge in [-0.2, -0.15) is 0 Å². The molecule has 2 heterocycles. The largest absolute Gasteiger partial charge is 0.494 e. The van der Waals surface area contributed by atoms with Crippen LogP contribution in [-0.4, -0.2) is 73.0 Å². The average Bonchev–Trinajstić information content (AvgIpc) is 3.14. The van der Waals surface area contributed by atoms with Crippen molar-refractivity contribution in [2.75, 3.05) is 45.8 Å². The fourth-order valence-corrected chi connectivity index (χ4v) is 4.13. The van der Waals surface area contributed by atoms with E-state index in [0.717, 1.165) is 11.1 Å². The molecule has 0 atom stereocenters. The Morgan fingerprint density at radius 3 is 2.51 bits per heavy atom. The van der Waals surface area contributed by atoms with E-state index in [1.54, 1.807) is 24.1 Å². The number of aliphatic hydroxyl groups excluding tert-OH is 1. The van der Waals surface area contributed by atoms with Gasteiger partial charge in [-0.25, -0.2) is 4.98 Å². The Morgan fingerprint density at radius 2 is 1.95 bits per heavy atom. The van der Waals surface area contributed by atoms with Gasteiger partial charge in [0.25, 0.3) is 5.91 Å². The SMILES string of the molecule is Br.CCOc1cc2c(nc1C(=O)NC)C(=N)N(CC(=O)c1cc(NCCO)c(OC)c(C(C)(C)C)c1)C2. The molecular formula is C26H36BrN5O5. The highest BCUT2D eigenvalue weighted by Gasteiger charge is 2.31. The van der Waals surface area contributed by atoms with Crippen molar-refractivity contribution in [1.82, 2.24) is 15.2 Å². The van der Waals surface area contributed by atoms with Crippen LogP contribution in [0, 0.1) is 5.41 Å². The number of rotatable bonds is 10. The summed E-state index contributed by atoms with van der Waals surface area (Å²) in [6.07, 6.45) is 0. The number of carbonyl (C=O) groups is 2. The first kappa shape index (κ1) is 30.0. The Balaban J connectivity index is 0.00000481. The highest BCUT2D eigenvalue weighted by molar-refractivity contribution is 8.93. The van der Waals surface area contributed by atoms with Crippen LogP contribution in [0.4, 0.5) is 5.69 Å². The minimum absolute atomic E-state index is 0. The van der Waals surface area contributed by atoms with E-state index in [1.165, 1.54) is 7.05 Å². The molecule has 0 bridgehead atoms. The molecule has 1 amide bonds. The summed E-state index contributed by atoms with van der Waals surface area (Å²) in [7, 11) is 3.09. The number of Topliss-reactive ketones (excluding diaryl/α,β-unsaturated/α-hetero) is 1. The fraction of sp³-hybridized carbons (Fsp3) is 0.462. The maximum absolute atomic E-state index is 13.4. The van der Waals surface area contributed by atoms with Crippen molar-refractivity contribution in [3.63, 3.8) is 0 Å². The molecule has 1 aliphatic rings. The fourth-order valence-electron chi connectivity index (χ4n) is 4.13. The molecule has 0 aliphatic carbocycles. The number of hydrogen-bond acceptors (Lipinski definition) is 8. The Morgan fingerprint density at radius 1 is 1.24 bits per heavy atom. The van der Waals surface area contributed by atoms with Gasteiger partial charge in [0, 0.05) is 36.8 Å². The Kier molecular flexibility index (Phi) is 10.0. The van der Waals surface area contributed by atoms with Crippen LogP contribution in [0.15, 0.2) is 18.2 Å². The Bertz CT molecular complexity index is 1180. The zero-order valence-corrected chi connectivity index (χ0v) is 23.9. The van der Waals surface area contributed by atoms with Crippen LogP contribution in [0.3, 0.4) is 0 Å². The molecule has 0 radical (unpaired) electrons. The summed E-state index contributed by atoms with van der Waals surface area (Å²) in [5, 5.41) is 23.6. The van der Waals surface area contributed by atoms with Gasteiger partial charge in [0.15, 0.2) is 17.2 Å². The van der Waals surface area contributed by atoms with Gasteiger partial charge in [-0.05, 0) is 30.5 Å². The third-order valence-electron chi connectivity index (χ3n) is 5.89. The van der Waals surface area contributed by atoms with Crippen LogP contribution in [0.2, 0.25) is 0 Å². The zero-order valence-electron chi connectivity index (χ0n) is 22.2. The van der Waals surface area contributed by atoms with Crippen LogP contribution in [-0.2, 0) is 12.0 Å². The summed E-state index contributed by atoms with van der Waals surface area (Å²) < 4.78 is 11.2. The first-order chi connectivity index (χ1) is 17.0. The Labute approximate surface area is 228 Å². The van der Waals surface area contributed by atoms with E-state index in [-0.39, 0.29) is 52.9 Å². The maximum atomic E-state index is 13.4. The number of fused-ring (bicyclic) bond motifs is 1. The van der Waals surface area contributed by atoms with Crippen molar-refractivity contribution >= 4 is 40.2 Å². The van der Waals surface area contributed by atoms with E-state index < -0.39 is 5.91 Å². The van der Waals surface area contributed by atoms with Crippen molar-refractivity contribution in [2.45, 2.75) is 39.7 Å². The molecule has 1 aromatic carbocycles. The molecule has 10 nitrogen and oxygen atoms in total. The predicted molar refractivity (Wildman–Crippen MR) is 148 cm³/mol. The van der Waals surface area contributed by atoms with Crippen molar-refractivity contribution in [1.29, 1.82) is 5.41 Å². The van der Waals surface area contributed by atoms with Crippen LogP contribution < -0.4 is 20.1 Å². The highest BCUT2D eigenvalue weighted by Crippen LogP contribution is 2.38. The highest BCUT2D eigenvalue weighted by atomic mass is 79.9. The quantitative estimate of drug-likeness (QED) is 0.316. The van der Waals surface area contributed by atoms with Crippen LogP contribution in [0.25, 0.3) is 0 Å². The van der Waals surface area contributed by atoms with E-state index in [4.69, 9.17) is 14.9 Å². The number of aromatic nitrogens is 1. The third kappa shape index (κ3) is 6.40. The van der Waals surface area contributed by atoms with Crippen molar-refractivity contribution in [3.05, 3.63) is 46.3 Å². The molecule has 11 heteroatoms. The van der Waals surface area contributed by atoms with Crippen LogP contribution in [0.1, 0.15) is 65.4 Å². The second kappa shape index (κ2) is 12.4. The summed E-state index contributed by atoms with van der Waals surface area (Å²) in [4.78, 5) is 31.8. The van der Waals surface area contributed by atoms with Crippen LogP contribution >= 0.6 is 17.0 Å². The van der Waals surface area contributed by atoms with Gasteiger partial charge in [0.1, 0.15) is 17.3 Å². The van der Waals surface area contributed by atoms with E-state index in [1.807, 2.05) is 33.8 Å². The van der Waals surface area contributed by atoms with Gasteiger partial charge in [0.2, 0.25) is 0 Å². The van der Waals surface area contributed by atoms with Gasteiger partial charge >= 0.3 is 0 Å². The first-order valence-electron chi connectivity index (χ1n) is 11.9. The lowest BCUT2D eigenvalue weighted by molar-refractivity contribution is 0.0949. The molecular weight excluding hydrogens is 542 g/mol. The maximum Gasteiger partial charge on any atom is 0.273 e. The average molecular weight is 579 g/mol. The summed E-state index contributed by atoms with van der Waals surface area (Å²) in [5.41, 5.74) is 2.85. The molecule has 1 aromatic heterocycles. The predicted octanol–water partition coefficient (Wildman–Crippen LogP) is 3.15. The van der Waals surface area contributed by atoms with Gasteiger partial charge in [0.05, 0.1) is 32.6 Å². The van der Waals surface area contributed by atoms with Crippen molar-refractivity contribution in [2.24, 2.45) is 0 Å². The number of halogens is 1. The zero-order chi connectivity index (χ0) is 26.6. The molecule has 2 aromatic rings. The monoisotopic (exact) mass is 577 g/mol. The number of pyridine rings is 1.